The summed E-state index contributed by atoms with van der Waals surface area (Å²) in [5.41, 5.74) is 3.55. The molecule has 0 atom stereocenters. The first-order chi connectivity index (χ1) is 8.19. The fraction of sp³-hybridized carbons (Fsp3) is 0.462. The quantitative estimate of drug-likeness (QED) is 0.836. The second-order valence-corrected chi connectivity index (χ2v) is 4.87. The van der Waals surface area contributed by atoms with Crippen LogP contribution >= 0.6 is 11.6 Å². The largest absolute Gasteiger partial charge is 0.326 e. The number of fused-ring (bicyclic) bond motifs is 1. The molecule has 1 aliphatic heterocycles. The summed E-state index contributed by atoms with van der Waals surface area (Å²) in [6.45, 7) is 1.95. The summed E-state index contributed by atoms with van der Waals surface area (Å²) in [6.07, 6.45) is 1.21. The van der Waals surface area contributed by atoms with Crippen LogP contribution < -0.4 is 5.32 Å². The molecular formula is C13H17ClN2O. The smallest absolute Gasteiger partial charge is 0.224 e. The average molecular weight is 253 g/mol. The number of carbonyl (C=O) groups is 1. The molecule has 0 fully saturated rings. The Hall–Kier alpha value is -1.06. The molecule has 3 nitrogen and oxygen atoms in total. The molecule has 1 amide bonds. The molecule has 0 radical (unpaired) electrons. The van der Waals surface area contributed by atoms with E-state index in [9.17, 15) is 4.79 Å². The molecule has 17 heavy (non-hydrogen) atoms. The van der Waals surface area contributed by atoms with Crippen LogP contribution in [0, 0.1) is 0 Å². The number of nitrogens with one attached hydrogen (secondary N) is 1. The first-order valence-electron chi connectivity index (χ1n) is 5.85. The molecule has 1 N–H and O–H groups in total. The minimum absolute atomic E-state index is 0.0388. The number of rotatable bonds is 4. The Morgan fingerprint density at radius 3 is 2.94 bits per heavy atom. The number of hydrogen-bond acceptors (Lipinski definition) is 2. The number of benzene rings is 1. The van der Waals surface area contributed by atoms with Crippen molar-refractivity contribution in [2.45, 2.75) is 25.9 Å². The first kappa shape index (κ1) is 12.4. The molecule has 0 bridgehead atoms. The van der Waals surface area contributed by atoms with E-state index < -0.39 is 0 Å². The number of nitrogens with zero attached hydrogens (tertiary/aromatic N) is 1. The van der Waals surface area contributed by atoms with Crippen molar-refractivity contribution in [1.82, 2.24) is 4.90 Å². The Balaban J connectivity index is 1.99. The van der Waals surface area contributed by atoms with E-state index in [4.69, 9.17) is 11.6 Å². The predicted molar refractivity (Wildman–Crippen MR) is 70.2 cm³/mol. The lowest BCUT2D eigenvalue weighted by molar-refractivity contribution is -0.116. The zero-order valence-electron chi connectivity index (χ0n) is 10.0. The molecule has 0 spiro atoms. The highest BCUT2D eigenvalue weighted by molar-refractivity contribution is 6.18. The van der Waals surface area contributed by atoms with Gasteiger partial charge in [0.2, 0.25) is 5.91 Å². The zero-order chi connectivity index (χ0) is 12.3. The van der Waals surface area contributed by atoms with Crippen molar-refractivity contribution in [3.8, 4) is 0 Å². The number of halogens is 1. The molecule has 4 heteroatoms. The van der Waals surface area contributed by atoms with Crippen molar-refractivity contribution in [1.29, 1.82) is 0 Å². The Kier molecular flexibility index (Phi) is 4.02. The van der Waals surface area contributed by atoms with Crippen LogP contribution in [-0.4, -0.2) is 23.7 Å². The van der Waals surface area contributed by atoms with Gasteiger partial charge >= 0.3 is 0 Å². The van der Waals surface area contributed by atoms with Gasteiger partial charge in [0, 0.05) is 31.1 Å². The summed E-state index contributed by atoms with van der Waals surface area (Å²) in [5, 5.41) is 2.91. The second kappa shape index (κ2) is 5.52. The monoisotopic (exact) mass is 252 g/mol. The third-order valence-electron chi connectivity index (χ3n) is 2.91. The predicted octanol–water partition coefficient (Wildman–Crippen LogP) is 2.59. The molecule has 92 valence electrons. The highest BCUT2D eigenvalue weighted by atomic mass is 35.5. The van der Waals surface area contributed by atoms with Crippen molar-refractivity contribution in [2.75, 3.05) is 18.2 Å². The lowest BCUT2D eigenvalue weighted by atomic mass is 10.1. The normalized spacial score (nSPS) is 14.7. The van der Waals surface area contributed by atoms with Crippen LogP contribution in [0.1, 0.15) is 24.0 Å². The van der Waals surface area contributed by atoms with Gasteiger partial charge in [-0.1, -0.05) is 6.07 Å². The molecule has 1 heterocycles. The molecule has 0 aliphatic carbocycles. The fourth-order valence-corrected chi connectivity index (χ4v) is 2.23. The van der Waals surface area contributed by atoms with Gasteiger partial charge in [0.1, 0.15) is 0 Å². The molecular weight excluding hydrogens is 236 g/mol. The fourth-order valence-electron chi connectivity index (χ4n) is 2.09. The Bertz CT molecular complexity index is 420. The minimum Gasteiger partial charge on any atom is -0.326 e. The van der Waals surface area contributed by atoms with Crippen LogP contribution in [0.25, 0.3) is 0 Å². The molecule has 0 unspecified atom stereocenters. The minimum atomic E-state index is 0.0388. The molecule has 1 aromatic carbocycles. The van der Waals surface area contributed by atoms with Crippen molar-refractivity contribution >= 4 is 23.2 Å². The maximum atomic E-state index is 11.6. The van der Waals surface area contributed by atoms with E-state index in [2.05, 4.69) is 29.4 Å². The van der Waals surface area contributed by atoms with Crippen LogP contribution in [0.3, 0.4) is 0 Å². The van der Waals surface area contributed by atoms with Gasteiger partial charge in [-0.05, 0) is 36.7 Å². The van der Waals surface area contributed by atoms with E-state index in [-0.39, 0.29) is 5.91 Å². The third kappa shape index (κ3) is 3.20. The van der Waals surface area contributed by atoms with Crippen molar-refractivity contribution in [3.05, 3.63) is 29.3 Å². The van der Waals surface area contributed by atoms with Crippen LogP contribution in [0.4, 0.5) is 5.69 Å². The second-order valence-electron chi connectivity index (χ2n) is 4.50. The number of carbonyl (C=O) groups excluding carboxylic acids is 1. The number of anilines is 1. The topological polar surface area (TPSA) is 32.3 Å². The van der Waals surface area contributed by atoms with Gasteiger partial charge in [0.25, 0.3) is 0 Å². The van der Waals surface area contributed by atoms with E-state index >= 15 is 0 Å². The van der Waals surface area contributed by atoms with Crippen LogP contribution in [-0.2, 0) is 17.9 Å². The lowest BCUT2D eigenvalue weighted by Gasteiger charge is -2.06. The van der Waals surface area contributed by atoms with E-state index in [0.29, 0.717) is 12.3 Å². The van der Waals surface area contributed by atoms with E-state index in [1.165, 1.54) is 11.1 Å². The highest BCUT2D eigenvalue weighted by Gasteiger charge is 2.15. The lowest BCUT2D eigenvalue weighted by Crippen LogP contribution is -2.11. The summed E-state index contributed by atoms with van der Waals surface area (Å²) in [4.78, 5) is 13.8. The van der Waals surface area contributed by atoms with Gasteiger partial charge in [-0.2, -0.15) is 0 Å². The van der Waals surface area contributed by atoms with Gasteiger partial charge in [0.15, 0.2) is 0 Å². The summed E-state index contributed by atoms with van der Waals surface area (Å²) < 4.78 is 0. The maximum absolute atomic E-state index is 11.6. The van der Waals surface area contributed by atoms with Crippen molar-refractivity contribution < 1.29 is 4.79 Å². The van der Waals surface area contributed by atoms with Crippen LogP contribution in [0.15, 0.2) is 18.2 Å². The van der Waals surface area contributed by atoms with Crippen molar-refractivity contribution in [3.63, 3.8) is 0 Å². The van der Waals surface area contributed by atoms with Crippen LogP contribution in [0.2, 0.25) is 0 Å². The van der Waals surface area contributed by atoms with E-state index in [1.807, 2.05) is 6.07 Å². The highest BCUT2D eigenvalue weighted by Crippen LogP contribution is 2.24. The number of amides is 1. The van der Waals surface area contributed by atoms with Gasteiger partial charge in [-0.3, -0.25) is 9.69 Å². The van der Waals surface area contributed by atoms with E-state index in [1.54, 1.807) is 0 Å². The Labute approximate surface area is 107 Å². The Morgan fingerprint density at radius 2 is 2.18 bits per heavy atom. The summed E-state index contributed by atoms with van der Waals surface area (Å²) in [6, 6.07) is 6.13. The summed E-state index contributed by atoms with van der Waals surface area (Å²) >= 11 is 5.56. The first-order valence-corrected chi connectivity index (χ1v) is 6.38. The zero-order valence-corrected chi connectivity index (χ0v) is 10.8. The molecule has 1 aliphatic rings. The maximum Gasteiger partial charge on any atom is 0.224 e. The number of alkyl halides is 1. The molecule has 0 aromatic heterocycles. The van der Waals surface area contributed by atoms with E-state index in [0.717, 1.165) is 25.2 Å². The average Bonchev–Trinajstić information content (AvgIpc) is 2.65. The standard InChI is InChI=1S/C13H17ClN2O/c1-16-8-10-4-5-12(7-11(10)9-16)15-13(17)3-2-6-14/h4-5,7H,2-3,6,8-9H2,1H3,(H,15,17). The molecule has 2 rings (SSSR count). The number of hydrogen-bond donors (Lipinski definition) is 1. The Morgan fingerprint density at radius 1 is 1.41 bits per heavy atom. The summed E-state index contributed by atoms with van der Waals surface area (Å²) in [7, 11) is 2.10. The van der Waals surface area contributed by atoms with Gasteiger partial charge in [-0.25, -0.2) is 0 Å². The SMILES string of the molecule is CN1Cc2ccc(NC(=O)CCCCl)cc2C1. The van der Waals surface area contributed by atoms with Gasteiger partial charge in [0.05, 0.1) is 0 Å². The van der Waals surface area contributed by atoms with Crippen LogP contribution in [0.5, 0.6) is 0 Å². The molecule has 0 saturated heterocycles. The summed E-state index contributed by atoms with van der Waals surface area (Å²) in [5.74, 6) is 0.569. The third-order valence-corrected chi connectivity index (χ3v) is 3.18. The van der Waals surface area contributed by atoms with Crippen molar-refractivity contribution in [2.24, 2.45) is 0 Å². The molecule has 0 saturated carbocycles. The van der Waals surface area contributed by atoms with Gasteiger partial charge < -0.3 is 5.32 Å². The molecule has 1 aromatic rings. The van der Waals surface area contributed by atoms with Gasteiger partial charge in [-0.15, -0.1) is 11.6 Å².